The van der Waals surface area contributed by atoms with E-state index in [-0.39, 0.29) is 6.61 Å². The van der Waals surface area contributed by atoms with Crippen molar-refractivity contribution < 1.29 is 51.4 Å². The molecule has 0 aromatic heterocycles. The van der Waals surface area contributed by atoms with Crippen molar-refractivity contribution in [3.05, 3.63) is 83.3 Å². The van der Waals surface area contributed by atoms with Crippen LogP contribution in [0.3, 0.4) is 0 Å². The summed E-state index contributed by atoms with van der Waals surface area (Å²) in [6, 6.07) is 11.5. The second kappa shape index (κ2) is 20.4. The molecule has 4 N–H and O–H groups in total. The minimum atomic E-state index is -3.64. The van der Waals surface area contributed by atoms with Gasteiger partial charge in [0.25, 0.3) is 0 Å². The van der Waals surface area contributed by atoms with Crippen molar-refractivity contribution in [3.63, 3.8) is 0 Å². The number of esters is 2. The minimum absolute atomic E-state index is 0.121. The molecular formula is C39H54N4O11S. The van der Waals surface area contributed by atoms with Crippen LogP contribution < -0.4 is 21.3 Å². The maximum Gasteiger partial charge on any atom is 0.408 e. The molecule has 4 amide bonds. The largest absolute Gasteiger partial charge is 0.460 e. The molecule has 4 atom stereocenters. The molecule has 1 unspecified atom stereocenters. The zero-order valence-corrected chi connectivity index (χ0v) is 33.7. The Bertz CT molecular complexity index is 1770. The van der Waals surface area contributed by atoms with Crippen LogP contribution in [0.25, 0.3) is 0 Å². The minimum Gasteiger partial charge on any atom is -0.460 e. The van der Waals surface area contributed by atoms with Crippen LogP contribution in [0.1, 0.15) is 85.4 Å². The number of ether oxygens (including phenoxy) is 3. The van der Waals surface area contributed by atoms with E-state index in [9.17, 15) is 37.2 Å². The van der Waals surface area contributed by atoms with Gasteiger partial charge in [0.1, 0.15) is 35.9 Å². The summed E-state index contributed by atoms with van der Waals surface area (Å²) in [6.45, 7) is 13.1. The molecule has 0 spiro atoms. The van der Waals surface area contributed by atoms with Crippen molar-refractivity contribution in [1.29, 1.82) is 0 Å². The van der Waals surface area contributed by atoms with Crippen LogP contribution in [-0.2, 0) is 54.6 Å². The summed E-state index contributed by atoms with van der Waals surface area (Å²) >= 11 is 0. The zero-order valence-electron chi connectivity index (χ0n) is 32.8. The maximum atomic E-state index is 14.0. The predicted molar refractivity (Wildman–Crippen MR) is 204 cm³/mol. The molecule has 2 aromatic carbocycles. The highest BCUT2D eigenvalue weighted by molar-refractivity contribution is 7.93. The Morgan fingerprint density at radius 2 is 1.22 bits per heavy atom. The Morgan fingerprint density at radius 3 is 1.73 bits per heavy atom. The van der Waals surface area contributed by atoms with Gasteiger partial charge in [0.05, 0.1) is 18.9 Å². The number of carbonyl (C=O) groups excluding carboxylic acids is 6. The molecule has 0 saturated carbocycles. The highest BCUT2D eigenvalue weighted by atomic mass is 32.2. The fourth-order valence-electron chi connectivity index (χ4n) is 4.87. The average molecular weight is 787 g/mol. The van der Waals surface area contributed by atoms with Crippen LogP contribution in [0, 0.1) is 5.92 Å². The van der Waals surface area contributed by atoms with Crippen LogP contribution in [0.4, 0.5) is 4.79 Å². The second-order valence-electron chi connectivity index (χ2n) is 15.2. The predicted octanol–water partition coefficient (Wildman–Crippen LogP) is 3.79. The number of rotatable bonds is 17. The van der Waals surface area contributed by atoms with E-state index >= 15 is 0 Å². The first-order chi connectivity index (χ1) is 25.4. The van der Waals surface area contributed by atoms with Crippen LogP contribution in [0.15, 0.2) is 72.1 Å². The van der Waals surface area contributed by atoms with Crippen molar-refractivity contribution >= 4 is 45.6 Å². The molecular weight excluding hydrogens is 733 g/mol. The number of benzene rings is 2. The molecule has 0 aliphatic carbocycles. The van der Waals surface area contributed by atoms with E-state index in [0.717, 1.165) is 17.7 Å². The number of carbonyl (C=O) groups is 6. The number of sulfone groups is 1. The summed E-state index contributed by atoms with van der Waals surface area (Å²) in [7, 11) is -3.64. The summed E-state index contributed by atoms with van der Waals surface area (Å²) in [4.78, 5) is 79.9. The Labute approximate surface area is 323 Å². The molecule has 0 bridgehead atoms. The molecule has 16 heteroatoms. The van der Waals surface area contributed by atoms with Gasteiger partial charge in [-0.15, -0.1) is 0 Å². The van der Waals surface area contributed by atoms with Gasteiger partial charge in [-0.2, -0.15) is 0 Å². The summed E-state index contributed by atoms with van der Waals surface area (Å²) < 4.78 is 39.8. The highest BCUT2D eigenvalue weighted by Gasteiger charge is 2.34. The van der Waals surface area contributed by atoms with E-state index in [1.807, 2.05) is 0 Å². The third-order valence-electron chi connectivity index (χ3n) is 7.23. The molecule has 55 heavy (non-hydrogen) atoms. The lowest BCUT2D eigenvalue weighted by atomic mass is 10.00. The van der Waals surface area contributed by atoms with Gasteiger partial charge in [-0.25, -0.2) is 13.2 Å². The van der Waals surface area contributed by atoms with E-state index in [2.05, 4.69) is 21.3 Å². The smallest absolute Gasteiger partial charge is 0.408 e. The standard InChI is InChI=1S/C39H54N4O11S/c1-25(2)32(35(47)40-28(20-21-55(9,50)51)22-30(44)53-38(3,4)5)42-36(48)33(27-18-14-11-15-19-27)43-34(46)29(23-31(45)54-39(6,7)8)41-37(49)52-24-26-16-12-10-13-17-26/h10-21,25,28-29,32-33H,22-24H2,1-9H3,(H,40,47)(H,41,49)(H,42,48)(H,43,46)/b21-20+/t28?,29-,32-,33-/m0/s1. The van der Waals surface area contributed by atoms with Gasteiger partial charge in [-0.05, 0) is 58.6 Å². The van der Waals surface area contributed by atoms with Gasteiger partial charge in [0.15, 0.2) is 9.84 Å². The summed E-state index contributed by atoms with van der Waals surface area (Å²) in [5.41, 5.74) is -0.769. The normalized spacial score (nSPS) is 14.1. The number of alkyl carbamates (subject to hydrolysis) is 1. The van der Waals surface area contributed by atoms with Crippen molar-refractivity contribution in [2.45, 2.75) is 110 Å². The van der Waals surface area contributed by atoms with Gasteiger partial charge in [0, 0.05) is 11.7 Å². The van der Waals surface area contributed by atoms with Crippen LogP contribution in [0.2, 0.25) is 0 Å². The number of hydrogen-bond acceptors (Lipinski definition) is 11. The Balaban J connectivity index is 2.37. The number of nitrogens with one attached hydrogen (secondary N) is 4. The lowest BCUT2D eigenvalue weighted by molar-refractivity contribution is -0.157. The van der Waals surface area contributed by atoms with Crippen molar-refractivity contribution in [2.75, 3.05) is 6.26 Å². The Morgan fingerprint density at radius 1 is 0.691 bits per heavy atom. The molecule has 0 fully saturated rings. The summed E-state index contributed by atoms with van der Waals surface area (Å²) in [5, 5.41) is 11.1. The first-order valence-electron chi connectivity index (χ1n) is 17.7. The molecule has 15 nitrogen and oxygen atoms in total. The third-order valence-corrected chi connectivity index (χ3v) is 7.88. The summed E-state index contributed by atoms with van der Waals surface area (Å²) in [5.74, 6) is -4.56. The fraction of sp³-hybridized carbons (Fsp3) is 0.487. The maximum absolute atomic E-state index is 14.0. The van der Waals surface area contributed by atoms with E-state index in [0.29, 0.717) is 11.1 Å². The monoisotopic (exact) mass is 786 g/mol. The van der Waals surface area contributed by atoms with Crippen LogP contribution >= 0.6 is 0 Å². The van der Waals surface area contributed by atoms with E-state index in [4.69, 9.17) is 14.2 Å². The van der Waals surface area contributed by atoms with Crippen molar-refractivity contribution in [2.24, 2.45) is 5.92 Å². The van der Waals surface area contributed by atoms with Crippen molar-refractivity contribution in [3.8, 4) is 0 Å². The molecule has 0 radical (unpaired) electrons. The Hall–Kier alpha value is -5.25. The first kappa shape index (κ1) is 45.9. The quantitative estimate of drug-likeness (QED) is 0.134. The molecule has 302 valence electrons. The van der Waals surface area contributed by atoms with E-state index in [1.54, 1.807) is 116 Å². The first-order valence-corrected chi connectivity index (χ1v) is 19.6. The topological polar surface area (TPSA) is 212 Å². The van der Waals surface area contributed by atoms with Gasteiger partial charge in [-0.1, -0.05) is 80.6 Å². The van der Waals surface area contributed by atoms with E-state index < -0.39 is 99.7 Å². The molecule has 0 heterocycles. The lowest BCUT2D eigenvalue weighted by Gasteiger charge is -2.28. The second-order valence-corrected chi connectivity index (χ2v) is 17.1. The molecule has 0 aliphatic heterocycles. The van der Waals surface area contributed by atoms with Gasteiger partial charge in [0.2, 0.25) is 17.7 Å². The Kier molecular flexibility index (Phi) is 17.1. The van der Waals surface area contributed by atoms with Gasteiger partial charge in [-0.3, -0.25) is 24.0 Å². The van der Waals surface area contributed by atoms with E-state index in [1.165, 1.54) is 0 Å². The number of amides is 4. The highest BCUT2D eigenvalue weighted by Crippen LogP contribution is 2.17. The average Bonchev–Trinajstić information content (AvgIpc) is 3.05. The van der Waals surface area contributed by atoms with Crippen molar-refractivity contribution in [1.82, 2.24) is 21.3 Å². The lowest BCUT2D eigenvalue weighted by Crippen LogP contribution is -2.56. The zero-order chi connectivity index (χ0) is 41.6. The van der Waals surface area contributed by atoms with Gasteiger partial charge >= 0.3 is 18.0 Å². The fourth-order valence-corrected chi connectivity index (χ4v) is 5.34. The molecule has 2 aromatic rings. The van der Waals surface area contributed by atoms with Crippen LogP contribution in [0.5, 0.6) is 0 Å². The number of hydrogen-bond donors (Lipinski definition) is 4. The molecule has 2 rings (SSSR count). The van der Waals surface area contributed by atoms with Crippen LogP contribution in [-0.4, -0.2) is 79.8 Å². The third kappa shape index (κ3) is 18.6. The van der Waals surface area contributed by atoms with Gasteiger partial charge < -0.3 is 35.5 Å². The SMILES string of the molecule is CC(C)[C@H](NC(=O)[C@@H](NC(=O)[C@H](CC(=O)OC(C)(C)C)NC(=O)OCc1ccccc1)c1ccccc1)C(=O)NC(/C=C/S(C)(=O)=O)CC(=O)OC(C)(C)C. The molecule has 0 aliphatic rings. The summed E-state index contributed by atoms with van der Waals surface area (Å²) in [6.07, 6.45) is 0.0777. The molecule has 0 saturated heterocycles.